The van der Waals surface area contributed by atoms with Gasteiger partial charge < -0.3 is 0 Å². The largest absolute Gasteiger partial charge is 0.277 e. The van der Waals surface area contributed by atoms with Crippen LogP contribution in [0.15, 0.2) is 53.5 Å². The van der Waals surface area contributed by atoms with Crippen molar-refractivity contribution in [3.05, 3.63) is 90.0 Å². The third kappa shape index (κ3) is 4.91. The summed E-state index contributed by atoms with van der Waals surface area (Å²) in [5, 5.41) is 32.9. The van der Waals surface area contributed by atoms with E-state index < -0.39 is 26.9 Å². The van der Waals surface area contributed by atoms with E-state index in [9.17, 15) is 30.3 Å². The average molecular weight is 372 g/mol. The zero-order valence-electron chi connectivity index (χ0n) is 14.3. The Morgan fingerprint density at radius 1 is 0.889 bits per heavy atom. The number of rotatable bonds is 8. The normalized spacial score (nSPS) is 13.2. The first-order chi connectivity index (χ1) is 12.8. The molecule has 0 aliphatic heterocycles. The first kappa shape index (κ1) is 19.6. The third-order valence-electron chi connectivity index (χ3n) is 3.99. The van der Waals surface area contributed by atoms with E-state index in [1.165, 1.54) is 54.7 Å². The molecule has 10 heteroatoms. The lowest BCUT2D eigenvalue weighted by Crippen LogP contribution is -2.26. The van der Waals surface area contributed by atoms with Crippen LogP contribution in [-0.2, 0) is 0 Å². The molecule has 140 valence electrons. The van der Waals surface area contributed by atoms with E-state index >= 15 is 0 Å². The van der Waals surface area contributed by atoms with Crippen molar-refractivity contribution in [1.29, 1.82) is 0 Å². The quantitative estimate of drug-likeness (QED) is 0.392. The van der Waals surface area contributed by atoms with Crippen LogP contribution in [0.5, 0.6) is 0 Å². The molecule has 0 fully saturated rings. The first-order valence-corrected chi connectivity index (χ1v) is 7.99. The van der Waals surface area contributed by atoms with E-state index in [4.69, 9.17) is 0 Å². The Hall–Kier alpha value is -3.69. The molecule has 0 unspecified atom stereocenters. The van der Waals surface area contributed by atoms with Crippen molar-refractivity contribution in [1.82, 2.24) is 0 Å². The molecule has 0 amide bonds. The third-order valence-corrected chi connectivity index (χ3v) is 3.99. The van der Waals surface area contributed by atoms with E-state index in [1.807, 2.05) is 0 Å². The molecule has 0 bridgehead atoms. The van der Waals surface area contributed by atoms with Gasteiger partial charge in [-0.2, -0.15) is 0 Å². The molecule has 0 saturated carbocycles. The minimum atomic E-state index is -1.01. The van der Waals surface area contributed by atoms with Crippen LogP contribution in [0.1, 0.15) is 30.5 Å². The maximum Gasteiger partial charge on any atom is 0.269 e. The van der Waals surface area contributed by atoms with Crippen LogP contribution < -0.4 is 0 Å². The second-order valence-electron chi connectivity index (χ2n) is 5.68. The van der Waals surface area contributed by atoms with E-state index in [0.717, 1.165) is 0 Å². The Morgan fingerprint density at radius 2 is 1.37 bits per heavy atom. The van der Waals surface area contributed by atoms with Crippen molar-refractivity contribution in [3.8, 4) is 0 Å². The summed E-state index contributed by atoms with van der Waals surface area (Å²) in [4.78, 5) is 35.7. The summed E-state index contributed by atoms with van der Waals surface area (Å²) in [7, 11) is 0. The van der Waals surface area contributed by atoms with Gasteiger partial charge in [-0.15, -0.1) is 0 Å². The van der Waals surface area contributed by atoms with Gasteiger partial charge in [0.2, 0.25) is 6.04 Å². The van der Waals surface area contributed by atoms with Crippen LogP contribution in [0.2, 0.25) is 0 Å². The Balaban J connectivity index is 2.35. The van der Waals surface area contributed by atoms with Crippen molar-refractivity contribution < 1.29 is 14.8 Å². The van der Waals surface area contributed by atoms with Gasteiger partial charge in [-0.05, 0) is 35.4 Å². The van der Waals surface area contributed by atoms with Gasteiger partial charge in [0.15, 0.2) is 0 Å². The minimum absolute atomic E-state index is 0.0733. The van der Waals surface area contributed by atoms with E-state index in [-0.39, 0.29) is 17.8 Å². The van der Waals surface area contributed by atoms with E-state index in [0.29, 0.717) is 11.1 Å². The summed E-state index contributed by atoms with van der Waals surface area (Å²) in [6.07, 6.45) is 1.62. The number of non-ortho nitro benzene ring substituents is 2. The van der Waals surface area contributed by atoms with E-state index in [1.54, 1.807) is 6.92 Å². The van der Waals surface area contributed by atoms with Gasteiger partial charge in [0.25, 0.3) is 11.4 Å². The molecule has 0 aliphatic carbocycles. The number of benzene rings is 2. The molecular formula is C17H16N4O6. The fourth-order valence-corrected chi connectivity index (χ4v) is 2.54. The molecule has 27 heavy (non-hydrogen) atoms. The maximum atomic E-state index is 11.4. The number of nitro groups is 3. The van der Waals surface area contributed by atoms with Gasteiger partial charge in [-0.25, -0.2) is 0 Å². The Labute approximate surface area is 153 Å². The van der Waals surface area contributed by atoms with Gasteiger partial charge in [-0.1, -0.05) is 6.92 Å². The Bertz CT molecular complexity index is 864. The zero-order chi connectivity index (χ0) is 20.0. The standard InChI is InChI=1S/C17H16N4O6/c1-2-16(21(26)27)17(13-5-9-15(10-6-13)20(24)25)18-11-12-3-7-14(8-4-12)19(22)23/h3-11,16-17H,2H2,1H3/t16-,17+/m1/s1. The number of nitro benzene ring substituents is 2. The smallest absolute Gasteiger partial charge is 0.269 e. The highest BCUT2D eigenvalue weighted by Gasteiger charge is 2.30. The highest BCUT2D eigenvalue weighted by atomic mass is 16.6. The highest BCUT2D eigenvalue weighted by molar-refractivity contribution is 5.80. The van der Waals surface area contributed by atoms with Crippen molar-refractivity contribution in [2.45, 2.75) is 25.4 Å². The predicted octanol–water partition coefficient (Wildman–Crippen LogP) is 3.72. The number of hydrogen-bond acceptors (Lipinski definition) is 7. The fourth-order valence-electron chi connectivity index (χ4n) is 2.54. The Kier molecular flexibility index (Phi) is 6.26. The summed E-state index contributed by atoms with van der Waals surface area (Å²) in [5.74, 6) is 0. The van der Waals surface area contributed by atoms with Gasteiger partial charge >= 0.3 is 0 Å². The molecule has 0 aromatic heterocycles. The molecule has 0 N–H and O–H groups in total. The topological polar surface area (TPSA) is 142 Å². The Morgan fingerprint density at radius 3 is 1.78 bits per heavy atom. The van der Waals surface area contributed by atoms with Gasteiger partial charge in [0.05, 0.1) is 9.85 Å². The van der Waals surface area contributed by atoms with Gasteiger partial charge in [0.1, 0.15) is 6.04 Å². The summed E-state index contributed by atoms with van der Waals surface area (Å²) in [6, 6.07) is 9.18. The first-order valence-electron chi connectivity index (χ1n) is 7.99. The molecular weight excluding hydrogens is 356 g/mol. The molecule has 0 aliphatic rings. The number of aliphatic imine (C=N–C) groups is 1. The van der Waals surface area contributed by atoms with Crippen molar-refractivity contribution in [3.63, 3.8) is 0 Å². The summed E-state index contributed by atoms with van der Waals surface area (Å²) in [6.45, 7) is 1.66. The van der Waals surface area contributed by atoms with Crippen molar-refractivity contribution in [2.24, 2.45) is 4.99 Å². The lowest BCUT2D eigenvalue weighted by Gasteiger charge is -2.16. The second-order valence-corrected chi connectivity index (χ2v) is 5.68. The molecule has 0 saturated heterocycles. The maximum absolute atomic E-state index is 11.4. The minimum Gasteiger partial charge on any atom is -0.277 e. The number of hydrogen-bond donors (Lipinski definition) is 0. The summed E-state index contributed by atoms with van der Waals surface area (Å²) >= 11 is 0. The van der Waals surface area contributed by atoms with Crippen LogP contribution in [0.3, 0.4) is 0 Å². The zero-order valence-corrected chi connectivity index (χ0v) is 14.3. The molecule has 2 aromatic rings. The molecule has 2 rings (SSSR count). The molecule has 0 spiro atoms. The predicted molar refractivity (Wildman–Crippen MR) is 97.6 cm³/mol. The van der Waals surface area contributed by atoms with Gasteiger partial charge in [-0.3, -0.25) is 35.3 Å². The SMILES string of the molecule is CC[C@H]([C@@H](N=Cc1ccc([N+](=O)[O-])cc1)c1ccc([N+](=O)[O-])cc1)[N+](=O)[O-]. The molecule has 0 radical (unpaired) electrons. The van der Waals surface area contributed by atoms with E-state index in [2.05, 4.69) is 4.99 Å². The van der Waals surface area contributed by atoms with Crippen molar-refractivity contribution in [2.75, 3.05) is 0 Å². The van der Waals surface area contributed by atoms with Crippen LogP contribution in [0, 0.1) is 30.3 Å². The highest BCUT2D eigenvalue weighted by Crippen LogP contribution is 2.27. The number of nitrogens with zero attached hydrogens (tertiary/aromatic N) is 4. The van der Waals surface area contributed by atoms with Crippen LogP contribution >= 0.6 is 0 Å². The molecule has 10 nitrogen and oxygen atoms in total. The van der Waals surface area contributed by atoms with Crippen LogP contribution in [-0.4, -0.2) is 27.0 Å². The van der Waals surface area contributed by atoms with Crippen LogP contribution in [0.4, 0.5) is 11.4 Å². The molecule has 2 atom stereocenters. The second kappa shape index (κ2) is 8.61. The molecule has 2 aromatic carbocycles. The average Bonchev–Trinajstić information content (AvgIpc) is 2.65. The summed E-state index contributed by atoms with van der Waals surface area (Å²) in [5.41, 5.74) is 0.829. The lowest BCUT2D eigenvalue weighted by atomic mass is 9.98. The fraction of sp³-hybridized carbons (Fsp3) is 0.235. The monoisotopic (exact) mass is 372 g/mol. The van der Waals surface area contributed by atoms with Crippen molar-refractivity contribution >= 4 is 17.6 Å². The molecule has 0 heterocycles. The summed E-state index contributed by atoms with van der Waals surface area (Å²) < 4.78 is 0. The van der Waals surface area contributed by atoms with Crippen LogP contribution in [0.25, 0.3) is 0 Å². The lowest BCUT2D eigenvalue weighted by molar-refractivity contribution is -0.527. The van der Waals surface area contributed by atoms with Gasteiger partial charge in [0, 0.05) is 41.8 Å².